The summed E-state index contributed by atoms with van der Waals surface area (Å²) >= 11 is 7.80. The molecule has 1 aromatic heterocycles. The second-order valence-electron chi connectivity index (χ2n) is 5.04. The van der Waals surface area contributed by atoms with E-state index in [0.29, 0.717) is 28.9 Å². The molecule has 3 nitrogen and oxygen atoms in total. The van der Waals surface area contributed by atoms with Gasteiger partial charge in [0.1, 0.15) is 0 Å². The van der Waals surface area contributed by atoms with E-state index in [1.165, 1.54) is 5.56 Å². The molecule has 20 heavy (non-hydrogen) atoms. The molecule has 1 fully saturated rings. The highest BCUT2D eigenvalue weighted by molar-refractivity contribution is 7.07. The fourth-order valence-electron chi connectivity index (χ4n) is 2.19. The van der Waals surface area contributed by atoms with E-state index in [1.807, 2.05) is 10.3 Å². The van der Waals surface area contributed by atoms with Crippen LogP contribution in [0.2, 0.25) is 5.02 Å². The molecule has 0 spiro atoms. The van der Waals surface area contributed by atoms with E-state index in [-0.39, 0.29) is 5.91 Å². The number of nitrogens with zero attached hydrogens (tertiary/aromatic N) is 1. The van der Waals surface area contributed by atoms with Crippen LogP contribution in [-0.4, -0.2) is 16.8 Å². The Balaban J connectivity index is 1.85. The van der Waals surface area contributed by atoms with Crippen LogP contribution in [0.15, 0.2) is 35.0 Å². The summed E-state index contributed by atoms with van der Waals surface area (Å²) in [6.07, 6.45) is 2.14. The van der Waals surface area contributed by atoms with Gasteiger partial charge >= 0.3 is 0 Å². The minimum Gasteiger partial charge on any atom is -0.399 e. The van der Waals surface area contributed by atoms with E-state index in [1.54, 1.807) is 29.5 Å². The molecule has 2 N–H and O–H groups in total. The first-order valence-corrected chi connectivity index (χ1v) is 7.84. The molecule has 2 aromatic rings. The van der Waals surface area contributed by atoms with Crippen molar-refractivity contribution in [3.05, 3.63) is 51.2 Å². The van der Waals surface area contributed by atoms with Crippen molar-refractivity contribution >= 4 is 34.5 Å². The molecule has 1 aliphatic rings. The third kappa shape index (κ3) is 2.81. The average molecular weight is 307 g/mol. The number of carbonyl (C=O) groups excluding carboxylic acids is 1. The van der Waals surface area contributed by atoms with Gasteiger partial charge in [0.2, 0.25) is 0 Å². The number of hydrogen-bond donors (Lipinski definition) is 1. The average Bonchev–Trinajstić information content (AvgIpc) is 3.12. The van der Waals surface area contributed by atoms with Crippen LogP contribution in [-0.2, 0) is 6.54 Å². The molecule has 3 rings (SSSR count). The zero-order valence-electron chi connectivity index (χ0n) is 10.9. The van der Waals surface area contributed by atoms with Crippen LogP contribution in [0.3, 0.4) is 0 Å². The molecule has 1 amide bonds. The zero-order chi connectivity index (χ0) is 14.1. The Morgan fingerprint density at radius 1 is 1.40 bits per heavy atom. The molecule has 1 aliphatic carbocycles. The van der Waals surface area contributed by atoms with Gasteiger partial charge in [-0.2, -0.15) is 11.3 Å². The Morgan fingerprint density at radius 2 is 2.20 bits per heavy atom. The molecular weight excluding hydrogens is 292 g/mol. The number of rotatable bonds is 4. The molecule has 1 saturated carbocycles. The summed E-state index contributed by atoms with van der Waals surface area (Å²) in [7, 11) is 0. The van der Waals surface area contributed by atoms with Gasteiger partial charge < -0.3 is 10.6 Å². The first-order chi connectivity index (χ1) is 9.65. The van der Waals surface area contributed by atoms with Crippen LogP contribution in [0.1, 0.15) is 28.8 Å². The molecular formula is C15H15ClN2OS. The highest BCUT2D eigenvalue weighted by atomic mass is 35.5. The van der Waals surface area contributed by atoms with E-state index in [4.69, 9.17) is 17.3 Å². The second-order valence-corrected chi connectivity index (χ2v) is 6.22. The van der Waals surface area contributed by atoms with Crippen LogP contribution in [0.5, 0.6) is 0 Å². The lowest BCUT2D eigenvalue weighted by Crippen LogP contribution is -2.32. The van der Waals surface area contributed by atoms with Gasteiger partial charge in [-0.15, -0.1) is 0 Å². The van der Waals surface area contributed by atoms with Gasteiger partial charge in [-0.05, 0) is 53.4 Å². The fraction of sp³-hybridized carbons (Fsp3) is 0.267. The van der Waals surface area contributed by atoms with Crippen LogP contribution >= 0.6 is 22.9 Å². The van der Waals surface area contributed by atoms with Crippen LogP contribution in [0, 0.1) is 0 Å². The lowest BCUT2D eigenvalue weighted by Gasteiger charge is -2.22. The Kier molecular flexibility index (Phi) is 3.68. The number of carbonyl (C=O) groups is 1. The Morgan fingerprint density at radius 3 is 2.80 bits per heavy atom. The maximum absolute atomic E-state index is 12.7. The maximum Gasteiger partial charge on any atom is 0.255 e. The largest absolute Gasteiger partial charge is 0.399 e. The van der Waals surface area contributed by atoms with Crippen LogP contribution < -0.4 is 5.73 Å². The Labute approximate surface area is 127 Å². The van der Waals surface area contributed by atoms with Gasteiger partial charge in [-0.3, -0.25) is 4.79 Å². The van der Waals surface area contributed by atoms with Crippen molar-refractivity contribution in [2.24, 2.45) is 0 Å². The SMILES string of the molecule is Nc1ccc(C(=O)N(Cc2ccsc2)C2CC2)c(Cl)c1. The highest BCUT2D eigenvalue weighted by Crippen LogP contribution is 2.31. The standard InChI is InChI=1S/C15H15ClN2OS/c16-14-7-11(17)1-4-13(14)15(19)18(12-2-3-12)8-10-5-6-20-9-10/h1,4-7,9,12H,2-3,8,17H2. The van der Waals surface area contributed by atoms with Gasteiger partial charge in [0.25, 0.3) is 5.91 Å². The van der Waals surface area contributed by atoms with Crippen molar-refractivity contribution in [3.8, 4) is 0 Å². The monoisotopic (exact) mass is 306 g/mol. The molecule has 1 heterocycles. The molecule has 5 heteroatoms. The summed E-state index contributed by atoms with van der Waals surface area (Å²) in [6, 6.07) is 7.45. The first-order valence-electron chi connectivity index (χ1n) is 6.52. The summed E-state index contributed by atoms with van der Waals surface area (Å²) in [5, 5.41) is 4.53. The number of halogens is 1. The zero-order valence-corrected chi connectivity index (χ0v) is 12.5. The number of amides is 1. The van der Waals surface area contributed by atoms with E-state index >= 15 is 0 Å². The van der Waals surface area contributed by atoms with Crippen molar-refractivity contribution in [1.82, 2.24) is 4.90 Å². The molecule has 104 valence electrons. The van der Waals surface area contributed by atoms with Gasteiger partial charge in [-0.25, -0.2) is 0 Å². The minimum atomic E-state index is -0.0105. The fourth-order valence-corrected chi connectivity index (χ4v) is 3.12. The van der Waals surface area contributed by atoms with E-state index in [2.05, 4.69) is 11.4 Å². The number of anilines is 1. The number of benzene rings is 1. The molecule has 0 unspecified atom stereocenters. The Hall–Kier alpha value is -1.52. The van der Waals surface area contributed by atoms with Crippen molar-refractivity contribution in [2.45, 2.75) is 25.4 Å². The minimum absolute atomic E-state index is 0.0105. The number of thiophene rings is 1. The summed E-state index contributed by atoms with van der Waals surface area (Å²) in [5.74, 6) is -0.0105. The van der Waals surface area contributed by atoms with Crippen molar-refractivity contribution in [3.63, 3.8) is 0 Å². The molecule has 1 aromatic carbocycles. The normalized spacial score (nSPS) is 14.2. The second kappa shape index (κ2) is 5.46. The van der Waals surface area contributed by atoms with Crippen molar-refractivity contribution in [1.29, 1.82) is 0 Å². The Bertz CT molecular complexity index is 623. The highest BCUT2D eigenvalue weighted by Gasteiger charge is 2.33. The molecule has 0 bridgehead atoms. The van der Waals surface area contributed by atoms with Crippen molar-refractivity contribution < 1.29 is 4.79 Å². The van der Waals surface area contributed by atoms with Crippen LogP contribution in [0.4, 0.5) is 5.69 Å². The summed E-state index contributed by atoms with van der Waals surface area (Å²) < 4.78 is 0. The lowest BCUT2D eigenvalue weighted by molar-refractivity contribution is 0.0730. The third-order valence-electron chi connectivity index (χ3n) is 3.41. The molecule has 0 saturated heterocycles. The number of hydrogen-bond acceptors (Lipinski definition) is 3. The van der Waals surface area contributed by atoms with E-state index < -0.39 is 0 Å². The predicted molar refractivity (Wildman–Crippen MR) is 83.1 cm³/mol. The predicted octanol–water partition coefficient (Wildman–Crippen LogP) is 3.79. The summed E-state index contributed by atoms with van der Waals surface area (Å²) in [6.45, 7) is 0.647. The van der Waals surface area contributed by atoms with Gasteiger partial charge in [0.05, 0.1) is 10.6 Å². The molecule has 0 aliphatic heterocycles. The number of nitrogen functional groups attached to an aromatic ring is 1. The molecule has 0 radical (unpaired) electrons. The van der Waals surface area contributed by atoms with E-state index in [0.717, 1.165) is 12.8 Å². The summed E-state index contributed by atoms with van der Waals surface area (Å²) in [5.41, 5.74) is 7.95. The van der Waals surface area contributed by atoms with Crippen LogP contribution in [0.25, 0.3) is 0 Å². The van der Waals surface area contributed by atoms with Gasteiger partial charge in [0, 0.05) is 18.3 Å². The molecule has 0 atom stereocenters. The topological polar surface area (TPSA) is 46.3 Å². The third-order valence-corrected chi connectivity index (χ3v) is 4.45. The van der Waals surface area contributed by atoms with E-state index in [9.17, 15) is 4.79 Å². The maximum atomic E-state index is 12.7. The quantitative estimate of drug-likeness (QED) is 0.874. The van der Waals surface area contributed by atoms with Crippen molar-refractivity contribution in [2.75, 3.05) is 5.73 Å². The lowest BCUT2D eigenvalue weighted by atomic mass is 10.1. The smallest absolute Gasteiger partial charge is 0.255 e. The van der Waals surface area contributed by atoms with Gasteiger partial charge in [0.15, 0.2) is 0 Å². The summed E-state index contributed by atoms with van der Waals surface area (Å²) in [4.78, 5) is 14.6. The van der Waals surface area contributed by atoms with Gasteiger partial charge in [-0.1, -0.05) is 11.6 Å². The first kappa shape index (κ1) is 13.5. The number of nitrogens with two attached hydrogens (primary N) is 1.